The number of piperidine rings is 2. The second-order valence-electron chi connectivity index (χ2n) is 33.8. The molecule has 40 heteroatoms. The lowest BCUT2D eigenvalue weighted by atomic mass is 10.0. The monoisotopic (exact) mass is 1930 g/mol. The summed E-state index contributed by atoms with van der Waals surface area (Å²) >= 11 is 16.5. The number of thiophene rings is 3. The zero-order chi connectivity index (χ0) is 95.0. The molecule has 8 aliphatic rings. The number of nitriles is 3. The molecule has 8 aliphatic heterocycles. The first kappa shape index (κ1) is 91.1. The molecule has 21 rings (SSSR count). The van der Waals surface area contributed by atoms with Gasteiger partial charge >= 0.3 is 24.2 Å². The van der Waals surface area contributed by atoms with E-state index in [1.807, 2.05) is 112 Å². The van der Waals surface area contributed by atoms with E-state index in [1.54, 1.807) is 61.7 Å². The maximum atomic E-state index is 13.7. The van der Waals surface area contributed by atoms with Crippen LogP contribution in [0.3, 0.4) is 0 Å². The Hall–Kier alpha value is -15.0. The lowest BCUT2D eigenvalue weighted by Crippen LogP contribution is -2.45. The van der Waals surface area contributed by atoms with Crippen LogP contribution in [0, 0.1) is 34.0 Å². The molecule has 3 fully saturated rings. The summed E-state index contributed by atoms with van der Waals surface area (Å²) in [6, 6.07) is 48.7. The van der Waals surface area contributed by atoms with Crippen molar-refractivity contribution in [2.24, 2.45) is 5.73 Å². The maximum absolute atomic E-state index is 13.7. The highest BCUT2D eigenvalue weighted by molar-refractivity contribution is 7.22. The van der Waals surface area contributed by atoms with Gasteiger partial charge < -0.3 is 80.8 Å². The van der Waals surface area contributed by atoms with Crippen molar-refractivity contribution in [1.29, 1.82) is 15.8 Å². The van der Waals surface area contributed by atoms with E-state index in [9.17, 15) is 49.3 Å². The predicted molar refractivity (Wildman–Crippen MR) is 521 cm³/mol. The number of halogens is 2. The number of likely N-dealkylation sites (tertiary alicyclic amines) is 2. The Balaban J connectivity index is 0.000000132. The predicted octanol–water partition coefficient (Wildman–Crippen LogP) is 19.1. The normalized spacial score (nSPS) is 15.6. The van der Waals surface area contributed by atoms with Gasteiger partial charge in [-0.2, -0.15) is 15.8 Å². The van der Waals surface area contributed by atoms with Crippen molar-refractivity contribution in [3.8, 4) is 58.5 Å². The fraction of sp³-hybridized carbons (Fsp3) is 0.247. The number of ether oxygens (including phenoxy) is 8. The molecule has 13 aromatic rings. The number of alkyl carbamates (subject to hydrolysis) is 1. The van der Waals surface area contributed by atoms with Crippen molar-refractivity contribution in [3.05, 3.63) is 222 Å². The van der Waals surface area contributed by atoms with Crippen LogP contribution in [-0.2, 0) is 29.1 Å². The summed E-state index contributed by atoms with van der Waals surface area (Å²) in [5, 5.41) is 52.2. The number of fused-ring (bicyclic) bond motifs is 2. The molecule has 0 radical (unpaired) electrons. The molecule has 0 saturated carbocycles. The second kappa shape index (κ2) is 38.8. The van der Waals surface area contributed by atoms with Crippen molar-refractivity contribution in [1.82, 2.24) is 35.0 Å². The van der Waals surface area contributed by atoms with Crippen molar-refractivity contribution in [2.45, 2.75) is 83.8 Å². The summed E-state index contributed by atoms with van der Waals surface area (Å²) in [5.41, 5.74) is 13.7. The average molecular weight is 1940 g/mol. The van der Waals surface area contributed by atoms with Crippen molar-refractivity contribution >= 4 is 198 Å². The molecular formula is C97H84Cl2N20O15S3. The van der Waals surface area contributed by atoms with Gasteiger partial charge in [0, 0.05) is 105 Å². The molecule has 137 heavy (non-hydrogen) atoms. The van der Waals surface area contributed by atoms with Gasteiger partial charge in [-0.25, -0.2) is 34.1 Å². The summed E-state index contributed by atoms with van der Waals surface area (Å²) in [5.74, 6) is 2.09. The van der Waals surface area contributed by atoms with Gasteiger partial charge in [-0.15, -0.1) is 34.0 Å². The zero-order valence-corrected chi connectivity index (χ0v) is 77.8. The first-order valence-electron chi connectivity index (χ1n) is 43.6. The van der Waals surface area contributed by atoms with Gasteiger partial charge in [0.1, 0.15) is 81.6 Å². The number of nitrogens with zero attached hydrogens (tertiary/aromatic N) is 12. The number of methoxy groups -OCH3 is 1. The van der Waals surface area contributed by atoms with Crippen LogP contribution in [0.4, 0.5) is 87.4 Å². The highest BCUT2D eigenvalue weighted by Gasteiger charge is 2.43. The fourth-order valence-electron chi connectivity index (χ4n) is 17.2. The number of aromatic nitrogens is 3. The van der Waals surface area contributed by atoms with Gasteiger partial charge in [-0.3, -0.25) is 43.8 Å². The molecule has 14 heterocycles. The fourth-order valence-corrected chi connectivity index (χ4v) is 20.7. The summed E-state index contributed by atoms with van der Waals surface area (Å²) in [6.45, 7) is 14.4. The number of anilines is 12. The third-order valence-electron chi connectivity index (χ3n) is 23.7. The zero-order valence-electron chi connectivity index (χ0n) is 73.8. The van der Waals surface area contributed by atoms with E-state index in [0.29, 0.717) is 113 Å². The Morgan fingerprint density at radius 2 is 0.934 bits per heavy atom. The van der Waals surface area contributed by atoms with E-state index in [0.717, 1.165) is 129 Å². The quantitative estimate of drug-likeness (QED) is 0.0373. The number of benzene rings is 7. The Morgan fingerprint density at radius 3 is 1.39 bits per heavy atom. The lowest BCUT2D eigenvalue weighted by molar-refractivity contribution is 0.0339. The Morgan fingerprint density at radius 1 is 0.511 bits per heavy atom. The molecule has 0 aliphatic carbocycles. The van der Waals surface area contributed by atoms with Gasteiger partial charge in [0.05, 0.1) is 103 Å². The Bertz CT molecular complexity index is 7140. The molecule has 9 N–H and O–H groups in total. The van der Waals surface area contributed by atoms with E-state index in [2.05, 4.69) is 85.1 Å². The number of hydrogen-bond acceptors (Lipinski definition) is 28. The number of nitrogens with one attached hydrogen (secondary N) is 7. The number of para-hydroxylation sites is 1. The van der Waals surface area contributed by atoms with Crippen LogP contribution in [0.15, 0.2) is 164 Å². The third-order valence-corrected chi connectivity index (χ3v) is 27.6. The summed E-state index contributed by atoms with van der Waals surface area (Å²) in [4.78, 5) is 121. The van der Waals surface area contributed by atoms with Gasteiger partial charge in [-0.1, -0.05) is 71.7 Å². The van der Waals surface area contributed by atoms with E-state index >= 15 is 0 Å². The highest BCUT2D eigenvalue weighted by Crippen LogP contribution is 2.57. The molecule has 10 amide bonds. The standard InChI is InChI=1S/C34H32ClN7O6S.C34H28N6O5S.C29H24ClN7O4S/c1-34(2,3)48-33(45)39-21-10-12-41(13-11-21)16-18-4-6-20(7-5-18)38-30(43)29-25-24-26(19(14-36)15-37-31(24)49-29)42(32(44)40-25)27-22(35)8-9-23-28(27)47-17-46-23;1-43-27-17-23(8-7-21(27)20-39-13-15-44-16-14-39)37-32(41)31-29-28-30(22(18-35)19-36-33(28)46-31)40(34(42)38-29)24-9-11-26(12-10-24)45-25-5-3-2-4-6-25;30-19-5-6-20-25(41-14-40-20)24(19)37-23-16(11-31)12-33-28-21(23)22(35-29(37)39)26(42-28)27(38)34-18-3-1-15(2-4-18)13-36-9-7-17(32)8-10-36/h4-9,15,21H,10-13,16-17H2,1-3H3,(H,38,43)(H,39,45)(H,40,44);2-12,17,19H,13-16,20H2,1H3,(H,37,41)(H,38,42);1-6,12,17H,7-10,13-14,32H2,(H,34,38)(H,35,39). The molecule has 0 atom stereocenters. The van der Waals surface area contributed by atoms with Gasteiger partial charge in [0.15, 0.2) is 23.0 Å². The van der Waals surface area contributed by atoms with Crippen LogP contribution in [0.5, 0.6) is 40.2 Å². The van der Waals surface area contributed by atoms with Crippen LogP contribution < -0.4 is 86.1 Å². The molecular weight excluding hydrogens is 1850 g/mol. The molecule has 0 unspecified atom stereocenters. The maximum Gasteiger partial charge on any atom is 0.407 e. The van der Waals surface area contributed by atoms with Crippen LogP contribution in [0.2, 0.25) is 10.0 Å². The van der Waals surface area contributed by atoms with Crippen LogP contribution >= 0.6 is 57.2 Å². The van der Waals surface area contributed by atoms with E-state index in [1.165, 1.54) is 33.3 Å². The molecule has 35 nitrogen and oxygen atoms in total. The second-order valence-corrected chi connectivity index (χ2v) is 37.6. The average Bonchev–Trinajstić information content (AvgIpc) is 1.60. The molecule has 6 aromatic heterocycles. The van der Waals surface area contributed by atoms with Crippen LogP contribution in [0.1, 0.15) is 109 Å². The summed E-state index contributed by atoms with van der Waals surface area (Å²) < 4.78 is 44.6. The number of rotatable bonds is 19. The van der Waals surface area contributed by atoms with Crippen LogP contribution in [0.25, 0.3) is 30.6 Å². The number of nitrogens with two attached hydrogens (primary N) is 1. The number of amides is 10. The van der Waals surface area contributed by atoms with Gasteiger partial charge in [-0.05, 0) is 162 Å². The van der Waals surface area contributed by atoms with Gasteiger partial charge in [0.25, 0.3) is 17.7 Å². The largest absolute Gasteiger partial charge is 0.496 e. The minimum atomic E-state index is -0.622. The van der Waals surface area contributed by atoms with Crippen molar-refractivity contribution < 1.29 is 71.5 Å². The highest BCUT2D eigenvalue weighted by atomic mass is 35.5. The number of carbonyl (C=O) groups excluding carboxylic acids is 7. The lowest BCUT2D eigenvalue weighted by Gasteiger charge is -2.32. The molecule has 0 spiro atoms. The van der Waals surface area contributed by atoms with E-state index < -0.39 is 41.4 Å². The number of hydrogen-bond donors (Lipinski definition) is 8. The topological polar surface area (TPSA) is 433 Å². The van der Waals surface area contributed by atoms with Crippen molar-refractivity contribution in [3.63, 3.8) is 0 Å². The Kier molecular flexibility index (Phi) is 25.8. The summed E-state index contributed by atoms with van der Waals surface area (Å²) in [6.07, 6.45) is 7.44. The van der Waals surface area contributed by atoms with Crippen molar-refractivity contribution in [2.75, 3.05) is 120 Å². The number of morpholine rings is 1. The third kappa shape index (κ3) is 18.8. The van der Waals surface area contributed by atoms with Crippen LogP contribution in [-0.4, -0.2) is 162 Å². The Labute approximate surface area is 805 Å². The number of carbonyl (C=O) groups is 7. The number of pyridine rings is 3. The molecule has 3 saturated heterocycles. The summed E-state index contributed by atoms with van der Waals surface area (Å²) in [7, 11) is 1.60. The molecule has 7 aromatic carbocycles. The minimum Gasteiger partial charge on any atom is -0.496 e. The van der Waals surface area contributed by atoms with E-state index in [-0.39, 0.29) is 119 Å². The first-order chi connectivity index (χ1) is 66.4. The minimum absolute atomic E-state index is 0.0308. The van der Waals surface area contributed by atoms with E-state index in [4.69, 9.17) is 66.8 Å². The smallest absolute Gasteiger partial charge is 0.407 e. The molecule has 0 bridgehead atoms. The number of urea groups is 3. The molecule has 694 valence electrons. The first-order valence-corrected chi connectivity index (χ1v) is 46.8. The SMILES string of the molecule is CC(C)(C)OC(=O)NC1CCN(Cc2ccc(NC(=O)c3sc4ncc(C#N)c5c4c3NC(=O)N5c3c(Cl)ccc4c3OCO4)cc2)CC1.COc1cc(NC(=O)c2sc3ncc(C#N)c4c3c2NC(=O)N4c2ccc(Oc3ccccc3)cc2)ccc1CN1CCOCC1.N#Cc1cnc2sc(C(=O)Nc3ccc(CN4CCC(N)CC4)cc3)c3c2c1N(c1c(Cl)ccc2c1OCO2)C(=O)N3. The van der Waals surface area contributed by atoms with Gasteiger partial charge in [0.2, 0.25) is 13.6 Å².